The second-order valence-corrected chi connectivity index (χ2v) is 6.70. The smallest absolute Gasteiger partial charge is 0.123 e. The van der Waals surface area contributed by atoms with Gasteiger partial charge in [-0.3, -0.25) is 4.98 Å². The Morgan fingerprint density at radius 3 is 2.18 bits per heavy atom. The van der Waals surface area contributed by atoms with Gasteiger partial charge in [0.1, 0.15) is 5.82 Å². The standard InChI is InChI=1S/C19H21FN2/c1-22-17-7-8-18(22)11-15(10-17)19-9-4-14(12-21-19)13-2-5-16(20)6-3-13/h2-6,9,12,15,17-18H,7-8,10-11H2,1H3. The van der Waals surface area contributed by atoms with Gasteiger partial charge in [-0.1, -0.05) is 18.2 Å². The van der Waals surface area contributed by atoms with Gasteiger partial charge in [0, 0.05) is 35.5 Å². The highest BCUT2D eigenvalue weighted by atomic mass is 19.1. The summed E-state index contributed by atoms with van der Waals surface area (Å²) in [5.74, 6) is 0.395. The van der Waals surface area contributed by atoms with Crippen LogP contribution in [0.25, 0.3) is 11.1 Å². The van der Waals surface area contributed by atoms with Crippen molar-refractivity contribution in [3.8, 4) is 11.1 Å². The summed E-state index contributed by atoms with van der Waals surface area (Å²) in [6, 6.07) is 12.4. The third-order valence-corrected chi connectivity index (χ3v) is 5.48. The highest BCUT2D eigenvalue weighted by Gasteiger charge is 2.39. The van der Waals surface area contributed by atoms with Crippen LogP contribution in [-0.2, 0) is 0 Å². The van der Waals surface area contributed by atoms with Gasteiger partial charge in [0.05, 0.1) is 0 Å². The molecule has 2 unspecified atom stereocenters. The van der Waals surface area contributed by atoms with Crippen LogP contribution in [0.4, 0.5) is 4.39 Å². The van der Waals surface area contributed by atoms with Crippen LogP contribution in [0.5, 0.6) is 0 Å². The van der Waals surface area contributed by atoms with Crippen LogP contribution in [-0.4, -0.2) is 29.0 Å². The number of pyridine rings is 1. The number of halogens is 1. The summed E-state index contributed by atoms with van der Waals surface area (Å²) in [6.07, 6.45) is 7.07. The summed E-state index contributed by atoms with van der Waals surface area (Å²) < 4.78 is 13.0. The van der Waals surface area contributed by atoms with E-state index in [9.17, 15) is 4.39 Å². The molecule has 2 aromatic rings. The number of fused-ring (bicyclic) bond motifs is 2. The minimum absolute atomic E-state index is 0.199. The number of nitrogens with zero attached hydrogens (tertiary/aromatic N) is 2. The molecule has 0 N–H and O–H groups in total. The van der Waals surface area contributed by atoms with Crippen LogP contribution in [0.2, 0.25) is 0 Å². The fourth-order valence-corrected chi connectivity index (χ4v) is 4.11. The van der Waals surface area contributed by atoms with Crippen molar-refractivity contribution in [3.63, 3.8) is 0 Å². The summed E-state index contributed by atoms with van der Waals surface area (Å²) in [6.45, 7) is 0. The minimum atomic E-state index is -0.199. The zero-order valence-corrected chi connectivity index (χ0v) is 12.9. The molecule has 2 bridgehead atoms. The summed E-state index contributed by atoms with van der Waals surface area (Å²) >= 11 is 0. The van der Waals surface area contributed by atoms with Gasteiger partial charge >= 0.3 is 0 Å². The van der Waals surface area contributed by atoms with Gasteiger partial charge in [0.15, 0.2) is 0 Å². The molecule has 2 aliphatic rings. The van der Waals surface area contributed by atoms with Crippen molar-refractivity contribution in [3.05, 3.63) is 54.1 Å². The highest BCUT2D eigenvalue weighted by molar-refractivity contribution is 5.62. The van der Waals surface area contributed by atoms with E-state index < -0.39 is 0 Å². The SMILES string of the molecule is CN1C2CCC1CC(c1ccc(-c3ccc(F)cc3)cn1)C2. The van der Waals surface area contributed by atoms with Crippen molar-refractivity contribution in [1.29, 1.82) is 0 Å². The first-order valence-electron chi connectivity index (χ1n) is 8.14. The molecule has 1 aromatic carbocycles. The maximum Gasteiger partial charge on any atom is 0.123 e. The average molecular weight is 296 g/mol. The van der Waals surface area contributed by atoms with Crippen molar-refractivity contribution in [2.45, 2.75) is 43.7 Å². The third-order valence-electron chi connectivity index (χ3n) is 5.48. The molecule has 114 valence electrons. The van der Waals surface area contributed by atoms with Crippen LogP contribution in [0.15, 0.2) is 42.6 Å². The van der Waals surface area contributed by atoms with Crippen LogP contribution in [0.3, 0.4) is 0 Å². The lowest BCUT2D eigenvalue weighted by atomic mass is 9.88. The molecular weight excluding hydrogens is 275 g/mol. The topological polar surface area (TPSA) is 16.1 Å². The Bertz CT molecular complexity index is 636. The Balaban J connectivity index is 1.54. The van der Waals surface area contributed by atoms with Crippen LogP contribution in [0, 0.1) is 5.82 Å². The summed E-state index contributed by atoms with van der Waals surface area (Å²) in [5.41, 5.74) is 3.29. The molecule has 0 aliphatic carbocycles. The number of benzene rings is 1. The van der Waals surface area contributed by atoms with Crippen LogP contribution >= 0.6 is 0 Å². The lowest BCUT2D eigenvalue weighted by Gasteiger charge is -2.36. The van der Waals surface area contributed by atoms with Crippen molar-refractivity contribution < 1.29 is 4.39 Å². The normalized spacial score (nSPS) is 28.0. The monoisotopic (exact) mass is 296 g/mol. The number of hydrogen-bond acceptors (Lipinski definition) is 2. The first kappa shape index (κ1) is 13.9. The molecule has 2 saturated heterocycles. The lowest BCUT2D eigenvalue weighted by Crippen LogP contribution is -2.39. The van der Waals surface area contributed by atoms with Crippen molar-refractivity contribution >= 4 is 0 Å². The van der Waals surface area contributed by atoms with Gasteiger partial charge in [-0.25, -0.2) is 4.39 Å². The van der Waals surface area contributed by atoms with Crippen LogP contribution < -0.4 is 0 Å². The predicted octanol–water partition coefficient (Wildman–Crippen LogP) is 4.23. The van der Waals surface area contributed by atoms with Crippen molar-refractivity contribution in [1.82, 2.24) is 9.88 Å². The average Bonchev–Trinajstić information content (AvgIpc) is 2.77. The summed E-state index contributed by atoms with van der Waals surface area (Å²) in [4.78, 5) is 7.27. The van der Waals surface area contributed by atoms with E-state index in [0.717, 1.165) is 23.2 Å². The van der Waals surface area contributed by atoms with E-state index in [1.807, 2.05) is 18.3 Å². The molecule has 3 heterocycles. The molecule has 2 nitrogen and oxygen atoms in total. The quantitative estimate of drug-likeness (QED) is 0.824. The maximum atomic E-state index is 13.0. The molecule has 0 spiro atoms. The van der Waals surface area contributed by atoms with E-state index in [-0.39, 0.29) is 5.82 Å². The molecule has 2 atom stereocenters. The fraction of sp³-hybridized carbons (Fsp3) is 0.421. The number of rotatable bonds is 2. The van der Waals surface area contributed by atoms with E-state index >= 15 is 0 Å². The number of hydrogen-bond donors (Lipinski definition) is 0. The van der Waals surface area contributed by atoms with E-state index in [1.165, 1.54) is 43.5 Å². The number of aromatic nitrogens is 1. The molecule has 1 aromatic heterocycles. The zero-order chi connectivity index (χ0) is 15.1. The Kier molecular flexibility index (Phi) is 3.45. The van der Waals surface area contributed by atoms with E-state index in [1.54, 1.807) is 0 Å². The van der Waals surface area contributed by atoms with Gasteiger partial charge in [0.25, 0.3) is 0 Å². The maximum absolute atomic E-state index is 13.0. The van der Waals surface area contributed by atoms with Crippen molar-refractivity contribution in [2.75, 3.05) is 7.05 Å². The van der Waals surface area contributed by atoms with Gasteiger partial charge in [-0.15, -0.1) is 0 Å². The molecule has 3 heteroatoms. The first-order chi connectivity index (χ1) is 10.7. The second kappa shape index (κ2) is 5.47. The van der Waals surface area contributed by atoms with Gasteiger partial charge in [-0.2, -0.15) is 0 Å². The molecule has 0 amide bonds. The highest BCUT2D eigenvalue weighted by Crippen LogP contribution is 2.41. The van der Waals surface area contributed by atoms with E-state index in [4.69, 9.17) is 4.98 Å². The van der Waals surface area contributed by atoms with E-state index in [2.05, 4.69) is 24.1 Å². The molecular formula is C19H21FN2. The van der Waals surface area contributed by atoms with Gasteiger partial charge < -0.3 is 4.90 Å². The van der Waals surface area contributed by atoms with Gasteiger partial charge in [-0.05, 0) is 56.5 Å². The van der Waals surface area contributed by atoms with Crippen LogP contribution in [0.1, 0.15) is 37.3 Å². The Morgan fingerprint density at radius 1 is 0.955 bits per heavy atom. The molecule has 2 aliphatic heterocycles. The summed E-state index contributed by atoms with van der Waals surface area (Å²) in [5, 5.41) is 0. The molecule has 22 heavy (non-hydrogen) atoms. The number of piperidine rings is 1. The largest absolute Gasteiger partial charge is 0.300 e. The predicted molar refractivity (Wildman–Crippen MR) is 86.2 cm³/mol. The first-order valence-corrected chi connectivity index (χ1v) is 8.14. The Hall–Kier alpha value is -1.74. The zero-order valence-electron chi connectivity index (χ0n) is 12.9. The van der Waals surface area contributed by atoms with Gasteiger partial charge in [0.2, 0.25) is 0 Å². The lowest BCUT2D eigenvalue weighted by molar-refractivity contribution is 0.160. The molecule has 0 saturated carbocycles. The van der Waals surface area contributed by atoms with E-state index in [0.29, 0.717) is 5.92 Å². The molecule has 2 fully saturated rings. The third kappa shape index (κ3) is 2.44. The summed E-state index contributed by atoms with van der Waals surface area (Å²) in [7, 11) is 2.27. The van der Waals surface area contributed by atoms with Crippen molar-refractivity contribution in [2.24, 2.45) is 0 Å². The second-order valence-electron chi connectivity index (χ2n) is 6.70. The molecule has 0 radical (unpaired) electrons. The minimum Gasteiger partial charge on any atom is -0.300 e. The Labute approximate surface area is 131 Å². The molecule has 4 rings (SSSR count). The Morgan fingerprint density at radius 2 is 1.59 bits per heavy atom. The fourth-order valence-electron chi connectivity index (χ4n) is 4.11.